The summed E-state index contributed by atoms with van der Waals surface area (Å²) in [5.41, 5.74) is 1.61. The smallest absolute Gasteiger partial charge is 0.359 e. The molecule has 9 nitrogen and oxygen atoms in total. The number of nitrogens with zero attached hydrogens (tertiary/aromatic N) is 1. The summed E-state index contributed by atoms with van der Waals surface area (Å²) in [6.45, 7) is 6.03. The van der Waals surface area contributed by atoms with Crippen molar-refractivity contribution in [3.8, 4) is 17.2 Å². The zero-order valence-corrected chi connectivity index (χ0v) is 25.3. The van der Waals surface area contributed by atoms with Gasteiger partial charge in [-0.1, -0.05) is 43.1 Å². The third-order valence-electron chi connectivity index (χ3n) is 7.63. The molecule has 2 amide bonds. The van der Waals surface area contributed by atoms with Crippen LogP contribution in [0.4, 0.5) is 10.5 Å². The molecule has 2 aromatic rings. The highest BCUT2D eigenvalue weighted by molar-refractivity contribution is 6.42. The second kappa shape index (κ2) is 14.1. The van der Waals surface area contributed by atoms with E-state index in [9.17, 15) is 14.7 Å². The fourth-order valence-electron chi connectivity index (χ4n) is 5.39. The Kier molecular flexibility index (Phi) is 11.2. The number of hydrogen-bond donors (Lipinski definition) is 3. The van der Waals surface area contributed by atoms with Crippen LogP contribution in [0.2, 0.25) is 10.0 Å². The summed E-state index contributed by atoms with van der Waals surface area (Å²) in [5, 5.41) is 16.8. The Morgan fingerprint density at radius 3 is 2.12 bits per heavy atom. The van der Waals surface area contributed by atoms with Crippen molar-refractivity contribution in [1.82, 2.24) is 5.32 Å². The number of hydrogen-bond acceptors (Lipinski definition) is 5. The molecule has 0 bridgehead atoms. The summed E-state index contributed by atoms with van der Waals surface area (Å²) in [5.74, 6) is 0.944. The topological polar surface area (TPSA) is 106 Å². The number of carbonyl (C=O) groups excluding carboxylic acids is 1. The van der Waals surface area contributed by atoms with Crippen LogP contribution in [0.15, 0.2) is 30.3 Å². The van der Waals surface area contributed by atoms with Crippen LogP contribution in [0, 0.1) is 11.8 Å². The van der Waals surface area contributed by atoms with Gasteiger partial charge in [0, 0.05) is 12.1 Å². The van der Waals surface area contributed by atoms with Gasteiger partial charge in [-0.25, -0.2) is 9.59 Å². The van der Waals surface area contributed by atoms with Gasteiger partial charge in [-0.05, 0) is 48.8 Å². The maximum absolute atomic E-state index is 13.1. The number of aliphatic carboxylic acids is 1. The molecule has 2 aromatic carbocycles. The number of urea groups is 1. The summed E-state index contributed by atoms with van der Waals surface area (Å²) in [6.07, 6.45) is 2.64. The minimum absolute atomic E-state index is 0.0128. The first-order valence-electron chi connectivity index (χ1n) is 13.4. The number of carboxylic acid groups (broad SMARTS) is 1. The van der Waals surface area contributed by atoms with Crippen molar-refractivity contribution in [3.63, 3.8) is 0 Å². The molecule has 1 fully saturated rings. The van der Waals surface area contributed by atoms with Gasteiger partial charge in [0.25, 0.3) is 0 Å². The lowest BCUT2D eigenvalue weighted by molar-refractivity contribution is -0.928. The number of amides is 2. The van der Waals surface area contributed by atoms with Gasteiger partial charge < -0.3 is 34.4 Å². The average Bonchev–Trinajstić information content (AvgIpc) is 2.90. The zero-order chi connectivity index (χ0) is 29.4. The van der Waals surface area contributed by atoms with E-state index in [1.54, 1.807) is 12.1 Å². The standard InChI is InChI=1S/C29H39Cl2N3O6/c1-18(2)24(33-29(37)32-21-14-25(38-3)28(40-5)26(15-21)39-4)16-34(17-27(35)36)10-8-19(9-11-34)12-20-6-7-22(30)23(31)13-20/h6-7,13-15,18-19,24H,8-12,16-17H2,1-5H3,(H2-,32,33,35,36,37)/p+1/t19?,24-,34?/m0/s1. The molecule has 220 valence electrons. The lowest BCUT2D eigenvalue weighted by atomic mass is 9.88. The monoisotopic (exact) mass is 596 g/mol. The fraction of sp³-hybridized carbons (Fsp3) is 0.517. The minimum atomic E-state index is -0.840. The van der Waals surface area contributed by atoms with Crippen LogP contribution in [0.5, 0.6) is 17.2 Å². The third kappa shape index (κ3) is 8.32. The van der Waals surface area contributed by atoms with Crippen molar-refractivity contribution < 1.29 is 33.4 Å². The first kappa shape index (κ1) is 31.6. The number of piperidine rings is 1. The van der Waals surface area contributed by atoms with Gasteiger partial charge in [-0.3, -0.25) is 0 Å². The predicted molar refractivity (Wildman–Crippen MR) is 157 cm³/mol. The van der Waals surface area contributed by atoms with E-state index in [1.807, 2.05) is 32.0 Å². The normalized spacial score (nSPS) is 19.6. The van der Waals surface area contributed by atoms with Crippen LogP contribution in [0.25, 0.3) is 0 Å². The van der Waals surface area contributed by atoms with E-state index in [2.05, 4.69) is 10.6 Å². The fourth-order valence-corrected chi connectivity index (χ4v) is 5.72. The number of anilines is 1. The molecule has 0 unspecified atom stereocenters. The highest BCUT2D eigenvalue weighted by Crippen LogP contribution is 2.40. The van der Waals surface area contributed by atoms with Crippen molar-refractivity contribution >= 4 is 40.9 Å². The van der Waals surface area contributed by atoms with Gasteiger partial charge >= 0.3 is 12.0 Å². The quantitative estimate of drug-likeness (QED) is 0.271. The lowest BCUT2D eigenvalue weighted by Gasteiger charge is -2.45. The Morgan fingerprint density at radius 1 is 1.00 bits per heavy atom. The lowest BCUT2D eigenvalue weighted by Crippen LogP contribution is -2.62. The number of nitrogens with one attached hydrogen (secondary N) is 2. The molecule has 0 saturated carbocycles. The summed E-state index contributed by atoms with van der Waals surface area (Å²) >= 11 is 12.3. The predicted octanol–water partition coefficient (Wildman–Crippen LogP) is 5.72. The number of rotatable bonds is 12. The summed E-state index contributed by atoms with van der Waals surface area (Å²) < 4.78 is 16.5. The van der Waals surface area contributed by atoms with Gasteiger partial charge in [-0.15, -0.1) is 0 Å². The van der Waals surface area contributed by atoms with Crippen LogP contribution in [-0.2, 0) is 11.2 Å². The van der Waals surface area contributed by atoms with Crippen LogP contribution in [-0.4, -0.2) is 75.1 Å². The molecule has 3 N–H and O–H groups in total. The molecule has 0 radical (unpaired) electrons. The Bertz CT molecular complexity index is 1160. The van der Waals surface area contributed by atoms with Crippen molar-refractivity contribution in [1.29, 1.82) is 0 Å². The number of methoxy groups -OCH3 is 3. The van der Waals surface area contributed by atoms with Crippen molar-refractivity contribution in [2.24, 2.45) is 11.8 Å². The molecule has 11 heteroatoms. The van der Waals surface area contributed by atoms with Crippen LogP contribution < -0.4 is 24.8 Å². The molecular weight excluding hydrogens is 557 g/mol. The molecule has 1 aliphatic heterocycles. The molecule has 1 atom stereocenters. The number of benzene rings is 2. The number of carbonyl (C=O) groups is 2. The second-order valence-corrected chi connectivity index (χ2v) is 11.6. The van der Waals surface area contributed by atoms with E-state index < -0.39 is 12.0 Å². The second-order valence-electron chi connectivity index (χ2n) is 10.8. The minimum Gasteiger partial charge on any atom is -0.493 e. The Morgan fingerprint density at radius 2 is 1.62 bits per heavy atom. The number of halogens is 2. The van der Waals surface area contributed by atoms with Crippen molar-refractivity contribution in [2.45, 2.75) is 39.2 Å². The average molecular weight is 598 g/mol. The number of likely N-dealkylation sites (tertiary alicyclic amines) is 1. The number of carboxylic acids is 1. The summed E-state index contributed by atoms with van der Waals surface area (Å²) in [4.78, 5) is 25.0. The zero-order valence-electron chi connectivity index (χ0n) is 23.8. The van der Waals surface area contributed by atoms with Crippen molar-refractivity contribution in [2.75, 3.05) is 52.8 Å². The molecule has 40 heavy (non-hydrogen) atoms. The number of ether oxygens (including phenoxy) is 3. The first-order valence-corrected chi connectivity index (χ1v) is 14.1. The molecule has 0 aliphatic carbocycles. The number of quaternary nitrogens is 1. The van der Waals surface area contributed by atoms with E-state index in [0.29, 0.717) is 49.9 Å². The van der Waals surface area contributed by atoms with Crippen LogP contribution in [0.3, 0.4) is 0 Å². The molecule has 0 spiro atoms. The molecule has 3 rings (SSSR count). The highest BCUT2D eigenvalue weighted by Gasteiger charge is 2.39. The van der Waals surface area contributed by atoms with E-state index in [0.717, 1.165) is 37.9 Å². The van der Waals surface area contributed by atoms with Crippen LogP contribution >= 0.6 is 23.2 Å². The maximum atomic E-state index is 13.1. The SMILES string of the molecule is COc1cc(NC(=O)N[C@@H](C[N+]2(CC(=O)O)CCC(Cc3ccc(Cl)c(Cl)c3)CC2)C(C)C)cc(OC)c1OC. The first-order chi connectivity index (χ1) is 19.0. The Hall–Kier alpha value is -2.88. The highest BCUT2D eigenvalue weighted by atomic mass is 35.5. The Balaban J connectivity index is 1.69. The van der Waals surface area contributed by atoms with Gasteiger partial charge in [0.2, 0.25) is 5.75 Å². The van der Waals surface area contributed by atoms with E-state index in [4.69, 9.17) is 37.4 Å². The molecule has 0 aromatic heterocycles. The Labute approximate surface area is 246 Å². The van der Waals surface area contributed by atoms with Crippen molar-refractivity contribution in [3.05, 3.63) is 45.9 Å². The molecule has 1 aliphatic rings. The summed E-state index contributed by atoms with van der Waals surface area (Å²) in [7, 11) is 4.53. The van der Waals surface area contributed by atoms with Gasteiger partial charge in [0.05, 0.1) is 62.7 Å². The maximum Gasteiger partial charge on any atom is 0.359 e. The van der Waals surface area contributed by atoms with Crippen LogP contribution in [0.1, 0.15) is 32.3 Å². The van der Waals surface area contributed by atoms with E-state index in [1.165, 1.54) is 21.3 Å². The van der Waals surface area contributed by atoms with Gasteiger partial charge in [-0.2, -0.15) is 0 Å². The third-order valence-corrected chi connectivity index (χ3v) is 8.37. The molecule has 1 saturated heterocycles. The molecular formula is C29H40Cl2N3O6+. The van der Waals surface area contributed by atoms with Gasteiger partial charge in [0.1, 0.15) is 0 Å². The van der Waals surface area contributed by atoms with Gasteiger partial charge in [0.15, 0.2) is 18.0 Å². The largest absolute Gasteiger partial charge is 0.493 e. The van der Waals surface area contributed by atoms with E-state index >= 15 is 0 Å². The van der Waals surface area contributed by atoms with E-state index in [-0.39, 0.29) is 18.5 Å². The summed E-state index contributed by atoms with van der Waals surface area (Å²) in [6, 6.07) is 8.39. The molecule has 1 heterocycles.